The summed E-state index contributed by atoms with van der Waals surface area (Å²) in [4.78, 5) is 10.6. The van der Waals surface area contributed by atoms with Crippen LogP contribution in [0.5, 0.6) is 17.2 Å². The van der Waals surface area contributed by atoms with Gasteiger partial charge in [-0.3, -0.25) is 0 Å². The summed E-state index contributed by atoms with van der Waals surface area (Å²) >= 11 is 9.38. The Morgan fingerprint density at radius 3 is 2.19 bits per heavy atom. The fourth-order valence-corrected chi connectivity index (χ4v) is 2.52. The van der Waals surface area contributed by atoms with Crippen LogP contribution in [0.4, 0.5) is 0 Å². The Morgan fingerprint density at radius 1 is 1.15 bits per heavy atom. The van der Waals surface area contributed by atoms with E-state index < -0.39 is 12.1 Å². The molecule has 0 aromatic heterocycles. The first-order chi connectivity index (χ1) is 12.4. The number of carbonyl (C=O) groups is 1. The minimum absolute atomic E-state index is 0.418. The minimum Gasteiger partial charge on any atom is -0.546 e. The van der Waals surface area contributed by atoms with Gasteiger partial charge in [-0.1, -0.05) is 27.5 Å². The fraction of sp³-hybridized carbons (Fsp3) is 0.316. The van der Waals surface area contributed by atoms with E-state index in [2.05, 4.69) is 35.1 Å². The Labute approximate surface area is 167 Å². The van der Waals surface area contributed by atoms with Crippen LogP contribution in [-0.2, 0) is 4.79 Å². The summed E-state index contributed by atoms with van der Waals surface area (Å²) in [6.45, 7) is 8.15. The highest BCUT2D eigenvalue weighted by molar-refractivity contribution is 9.10. The predicted octanol–water partition coefficient (Wildman–Crippen LogP) is 3.00. The van der Waals surface area contributed by atoms with Crippen molar-refractivity contribution in [3.63, 3.8) is 0 Å². The van der Waals surface area contributed by atoms with Crippen molar-refractivity contribution in [2.24, 2.45) is 0 Å². The predicted molar refractivity (Wildman–Crippen MR) is 104 cm³/mol. The molecular weight excluding hydrogens is 422 g/mol. The van der Waals surface area contributed by atoms with Gasteiger partial charge in [-0.2, -0.15) is 0 Å². The number of nitrogens with two attached hydrogens (primary N) is 1. The molecule has 2 aromatic carbocycles. The molecular formula is C19H23BrClNO4. The standard InChI is InChI=1S/C15H12BrClO4.C4H11N/c1-9(15(18)19)20-11-3-5-12(6-4-11)21-14-7-2-10(16)8-13(14)17;1-3-5-4-2/h2-9H,1H3,(H,18,19);5H,3-4H2,1-2H3/t9-;/m1./s1. The Bertz CT molecular complexity index is 692. The van der Waals surface area contributed by atoms with Crippen LogP contribution in [0.3, 0.4) is 0 Å². The van der Waals surface area contributed by atoms with E-state index in [1.165, 1.54) is 20.0 Å². The fourth-order valence-electron chi connectivity index (χ4n) is 1.81. The number of halogens is 2. The highest BCUT2D eigenvalue weighted by Crippen LogP contribution is 2.32. The quantitative estimate of drug-likeness (QED) is 0.712. The lowest BCUT2D eigenvalue weighted by Crippen LogP contribution is -2.82. The number of rotatable bonds is 7. The minimum atomic E-state index is -1.27. The number of carboxylic acid groups (broad SMARTS) is 1. The van der Waals surface area contributed by atoms with E-state index in [9.17, 15) is 9.90 Å². The summed E-state index contributed by atoms with van der Waals surface area (Å²) in [5, 5.41) is 13.3. The Hall–Kier alpha value is -1.76. The number of benzene rings is 2. The van der Waals surface area contributed by atoms with Gasteiger partial charge in [0.1, 0.15) is 23.4 Å². The van der Waals surface area contributed by atoms with Crippen LogP contribution in [0, 0.1) is 0 Å². The third-order valence-corrected chi connectivity index (χ3v) is 3.96. The maximum atomic E-state index is 10.6. The first-order valence-corrected chi connectivity index (χ1v) is 9.46. The molecule has 0 heterocycles. The van der Waals surface area contributed by atoms with Gasteiger partial charge in [0.05, 0.1) is 24.1 Å². The van der Waals surface area contributed by atoms with E-state index in [1.54, 1.807) is 36.4 Å². The highest BCUT2D eigenvalue weighted by Gasteiger charge is 2.06. The van der Waals surface area contributed by atoms with Crippen LogP contribution in [0.15, 0.2) is 46.9 Å². The van der Waals surface area contributed by atoms with Gasteiger partial charge in [0, 0.05) is 4.47 Å². The van der Waals surface area contributed by atoms with Crippen molar-refractivity contribution in [3.05, 3.63) is 52.0 Å². The lowest BCUT2D eigenvalue weighted by Gasteiger charge is -2.15. The monoisotopic (exact) mass is 443 g/mol. The van der Waals surface area contributed by atoms with Crippen molar-refractivity contribution in [1.29, 1.82) is 0 Å². The zero-order valence-corrected chi connectivity index (χ0v) is 17.3. The molecule has 0 saturated heterocycles. The lowest BCUT2D eigenvalue weighted by atomic mass is 10.3. The molecule has 0 fully saturated rings. The molecule has 7 heteroatoms. The summed E-state index contributed by atoms with van der Waals surface area (Å²) in [7, 11) is 0. The third-order valence-electron chi connectivity index (χ3n) is 3.17. The molecule has 26 heavy (non-hydrogen) atoms. The number of hydrogen-bond acceptors (Lipinski definition) is 4. The van der Waals surface area contributed by atoms with Gasteiger partial charge < -0.3 is 24.7 Å². The number of ether oxygens (including phenoxy) is 2. The molecule has 0 unspecified atom stereocenters. The van der Waals surface area contributed by atoms with E-state index in [4.69, 9.17) is 21.1 Å². The molecule has 5 nitrogen and oxygen atoms in total. The normalized spacial score (nSPS) is 11.1. The molecule has 0 amide bonds. The van der Waals surface area contributed by atoms with E-state index in [0.717, 1.165) is 4.47 Å². The number of hydrogen-bond donors (Lipinski definition) is 1. The van der Waals surface area contributed by atoms with Crippen LogP contribution in [0.1, 0.15) is 20.8 Å². The molecule has 2 aromatic rings. The second-order valence-corrected chi connectivity index (χ2v) is 6.66. The summed E-state index contributed by atoms with van der Waals surface area (Å²) in [6.07, 6.45) is -1.02. The molecule has 2 rings (SSSR count). The van der Waals surface area contributed by atoms with Crippen molar-refractivity contribution < 1.29 is 24.7 Å². The van der Waals surface area contributed by atoms with E-state index in [1.807, 2.05) is 6.07 Å². The Balaban J connectivity index is 0.000000597. The highest BCUT2D eigenvalue weighted by atomic mass is 79.9. The maximum absolute atomic E-state index is 10.6. The second-order valence-electron chi connectivity index (χ2n) is 5.33. The van der Waals surface area contributed by atoms with Gasteiger partial charge >= 0.3 is 0 Å². The topological polar surface area (TPSA) is 75.2 Å². The average Bonchev–Trinajstić information content (AvgIpc) is 2.60. The van der Waals surface area contributed by atoms with Gasteiger partial charge in [0.2, 0.25) is 0 Å². The number of quaternary nitrogens is 1. The zero-order chi connectivity index (χ0) is 19.5. The molecule has 0 aliphatic rings. The molecule has 142 valence electrons. The largest absolute Gasteiger partial charge is 0.546 e. The lowest BCUT2D eigenvalue weighted by molar-refractivity contribution is -0.648. The Morgan fingerprint density at radius 2 is 1.73 bits per heavy atom. The molecule has 2 N–H and O–H groups in total. The van der Waals surface area contributed by atoms with Crippen LogP contribution in [0.2, 0.25) is 5.02 Å². The first-order valence-electron chi connectivity index (χ1n) is 8.29. The van der Waals surface area contributed by atoms with E-state index in [-0.39, 0.29) is 0 Å². The maximum Gasteiger partial charge on any atom is 0.146 e. The van der Waals surface area contributed by atoms with Crippen molar-refractivity contribution in [1.82, 2.24) is 0 Å². The molecule has 0 spiro atoms. The van der Waals surface area contributed by atoms with Crippen molar-refractivity contribution in [2.75, 3.05) is 13.1 Å². The summed E-state index contributed by atoms with van der Waals surface area (Å²) in [5.41, 5.74) is 0. The second kappa shape index (κ2) is 11.8. The van der Waals surface area contributed by atoms with Crippen molar-refractivity contribution >= 4 is 33.5 Å². The average molecular weight is 445 g/mol. The summed E-state index contributed by atoms with van der Waals surface area (Å²) < 4.78 is 11.7. The zero-order valence-electron chi connectivity index (χ0n) is 15.0. The van der Waals surface area contributed by atoms with E-state index >= 15 is 0 Å². The van der Waals surface area contributed by atoms with Crippen LogP contribution < -0.4 is 19.9 Å². The molecule has 0 aliphatic carbocycles. The molecule has 0 aliphatic heterocycles. The van der Waals surface area contributed by atoms with E-state index in [0.29, 0.717) is 22.3 Å². The number of aliphatic carboxylic acids is 1. The molecule has 1 atom stereocenters. The van der Waals surface area contributed by atoms with Crippen LogP contribution in [0.25, 0.3) is 0 Å². The molecule has 0 radical (unpaired) electrons. The first kappa shape index (κ1) is 22.3. The van der Waals surface area contributed by atoms with Gasteiger partial charge in [-0.05, 0) is 63.2 Å². The molecule has 0 saturated carbocycles. The summed E-state index contributed by atoms with van der Waals surface area (Å²) in [6, 6.07) is 11.8. The summed E-state index contributed by atoms with van der Waals surface area (Å²) in [5.74, 6) is 0.238. The smallest absolute Gasteiger partial charge is 0.146 e. The third kappa shape index (κ3) is 8.08. The van der Waals surface area contributed by atoms with Crippen molar-refractivity contribution in [2.45, 2.75) is 26.9 Å². The van der Waals surface area contributed by atoms with Gasteiger partial charge in [0.25, 0.3) is 0 Å². The van der Waals surface area contributed by atoms with Gasteiger partial charge in [0.15, 0.2) is 0 Å². The van der Waals surface area contributed by atoms with Crippen LogP contribution >= 0.6 is 27.5 Å². The molecule has 0 bridgehead atoms. The number of carboxylic acids is 1. The Kier molecular flexibility index (Phi) is 10.1. The van der Waals surface area contributed by atoms with Gasteiger partial charge in [-0.25, -0.2) is 0 Å². The van der Waals surface area contributed by atoms with Crippen molar-refractivity contribution in [3.8, 4) is 17.2 Å². The van der Waals surface area contributed by atoms with Gasteiger partial charge in [-0.15, -0.1) is 0 Å². The number of carbonyl (C=O) groups excluding carboxylic acids is 1. The van der Waals surface area contributed by atoms with Crippen LogP contribution in [-0.4, -0.2) is 25.2 Å². The SMILES string of the molecule is CC[NH2+]CC.C[C@@H](Oc1ccc(Oc2ccc(Br)cc2Cl)cc1)C(=O)[O-].